The summed E-state index contributed by atoms with van der Waals surface area (Å²) in [6.45, 7) is 10.7. The summed E-state index contributed by atoms with van der Waals surface area (Å²) in [6.07, 6.45) is 3.92. The minimum atomic E-state index is 0.228. The van der Waals surface area contributed by atoms with Gasteiger partial charge in [0, 0.05) is 0 Å². The number of hydrogen-bond acceptors (Lipinski definition) is 3. The van der Waals surface area contributed by atoms with Crippen LogP contribution in [0.25, 0.3) is 0 Å². The second-order valence-corrected chi connectivity index (χ2v) is 9.13. The molecule has 126 valence electrons. The molecule has 25 heavy (non-hydrogen) atoms. The topological polar surface area (TPSA) is 29.0 Å². The van der Waals surface area contributed by atoms with E-state index in [4.69, 9.17) is 9.97 Å². The molecular weight excluding hydrogens is 373 g/mol. The van der Waals surface area contributed by atoms with Crippen molar-refractivity contribution in [1.82, 2.24) is 9.97 Å². The van der Waals surface area contributed by atoms with Crippen LogP contribution in [0.2, 0.25) is 0 Å². The van der Waals surface area contributed by atoms with Gasteiger partial charge in [0.2, 0.25) is 0 Å². The second kappa shape index (κ2) is 5.98. The van der Waals surface area contributed by atoms with Crippen LogP contribution in [-0.4, -0.2) is 24.9 Å². The molecule has 0 saturated heterocycles. The Labute approximate surface area is 155 Å². The van der Waals surface area contributed by atoms with Crippen LogP contribution in [0.5, 0.6) is 0 Å². The normalized spacial score (nSPS) is 12.8. The van der Waals surface area contributed by atoms with Crippen molar-refractivity contribution in [3.8, 4) is 0 Å². The molecule has 0 atom stereocenters. The number of hydrogen-bond donors (Lipinski definition) is 0. The molecule has 4 heteroatoms. The molecule has 0 radical (unpaired) electrons. The van der Waals surface area contributed by atoms with Crippen molar-refractivity contribution in [3.05, 3.63) is 64.5 Å². The van der Waals surface area contributed by atoms with Crippen LogP contribution in [0, 0.1) is 34.6 Å². The molecule has 3 heterocycles. The van der Waals surface area contributed by atoms with Crippen molar-refractivity contribution >= 4 is 41.2 Å². The summed E-state index contributed by atoms with van der Waals surface area (Å²) in [5, 5.41) is 0. The van der Waals surface area contributed by atoms with E-state index in [2.05, 4.69) is 63.8 Å². The maximum atomic E-state index is 4.80. The molecule has 0 amide bonds. The fraction of sp³-hybridized carbons (Fsp3) is 0.238. The third-order valence-corrected chi connectivity index (χ3v) is 6.63. The molecule has 0 fully saturated rings. The predicted octanol–water partition coefficient (Wildman–Crippen LogP) is 3.46. The first-order valence-corrected chi connectivity index (χ1v) is 10.1. The van der Waals surface area contributed by atoms with E-state index in [0.29, 0.717) is 0 Å². The molecule has 4 rings (SSSR count). The summed E-state index contributed by atoms with van der Waals surface area (Å²) in [5.41, 5.74) is 7.43. The fourth-order valence-electron chi connectivity index (χ4n) is 3.51. The van der Waals surface area contributed by atoms with Crippen LogP contribution in [0.3, 0.4) is 0 Å². The van der Waals surface area contributed by atoms with Crippen molar-refractivity contribution in [2.24, 2.45) is 0 Å². The van der Waals surface area contributed by atoms with Gasteiger partial charge in [0.05, 0.1) is 0 Å². The van der Waals surface area contributed by atoms with E-state index in [9.17, 15) is 0 Å². The first kappa shape index (κ1) is 16.3. The SMILES string of the molecule is Cc1cc(C)c(N2c3ncc(C)cc3[Se]c3cc(C)cnc32)c(C)c1. The zero-order valence-electron chi connectivity index (χ0n) is 15.2. The van der Waals surface area contributed by atoms with Crippen LogP contribution < -0.4 is 13.8 Å². The van der Waals surface area contributed by atoms with Gasteiger partial charge in [-0.25, -0.2) is 0 Å². The molecule has 3 aromatic rings. The molecule has 1 aliphatic rings. The zero-order valence-corrected chi connectivity index (χ0v) is 16.9. The average Bonchev–Trinajstić information content (AvgIpc) is 2.52. The van der Waals surface area contributed by atoms with Crippen molar-refractivity contribution < 1.29 is 0 Å². The third kappa shape index (κ3) is 2.76. The Balaban J connectivity index is 2.03. The Hall–Kier alpha value is -2.16. The van der Waals surface area contributed by atoms with Crippen LogP contribution in [0.1, 0.15) is 27.8 Å². The summed E-state index contributed by atoms with van der Waals surface area (Å²) in [5.74, 6) is 2.06. The Kier molecular flexibility index (Phi) is 3.90. The summed E-state index contributed by atoms with van der Waals surface area (Å²) < 4.78 is 2.65. The van der Waals surface area contributed by atoms with Gasteiger partial charge in [-0.3, -0.25) is 0 Å². The first-order valence-electron chi connectivity index (χ1n) is 8.43. The summed E-state index contributed by atoms with van der Waals surface area (Å²) in [4.78, 5) is 11.9. The minimum absolute atomic E-state index is 0.228. The van der Waals surface area contributed by atoms with Gasteiger partial charge in [0.25, 0.3) is 0 Å². The molecule has 2 aromatic heterocycles. The van der Waals surface area contributed by atoms with Crippen molar-refractivity contribution in [2.45, 2.75) is 34.6 Å². The van der Waals surface area contributed by atoms with Gasteiger partial charge in [0.1, 0.15) is 0 Å². The number of aryl methyl sites for hydroxylation is 5. The summed E-state index contributed by atoms with van der Waals surface area (Å²) in [6, 6.07) is 9.03. The van der Waals surface area contributed by atoms with E-state index in [1.54, 1.807) is 0 Å². The molecule has 0 N–H and O–H groups in total. The number of rotatable bonds is 1. The molecule has 0 saturated carbocycles. The Morgan fingerprint density at radius 2 is 1.16 bits per heavy atom. The molecule has 0 bridgehead atoms. The van der Waals surface area contributed by atoms with Gasteiger partial charge in [-0.2, -0.15) is 0 Å². The molecule has 1 aliphatic heterocycles. The van der Waals surface area contributed by atoms with Gasteiger partial charge < -0.3 is 0 Å². The van der Waals surface area contributed by atoms with Gasteiger partial charge >= 0.3 is 155 Å². The van der Waals surface area contributed by atoms with E-state index in [0.717, 1.165) is 11.6 Å². The Bertz CT molecular complexity index is 920. The Morgan fingerprint density at radius 3 is 1.64 bits per heavy atom. The Morgan fingerprint density at radius 1 is 0.680 bits per heavy atom. The van der Waals surface area contributed by atoms with Crippen LogP contribution in [0.15, 0.2) is 36.7 Å². The standard InChI is InChI=1S/C21H21N3Se/c1-12-6-15(4)19(16(5)7-12)24-20-17(8-13(2)10-22-20)25-18-9-14(3)11-23-21(18)24/h6-11H,1-5H3. The van der Waals surface area contributed by atoms with E-state index < -0.39 is 0 Å². The van der Waals surface area contributed by atoms with Gasteiger partial charge in [-0.05, 0) is 0 Å². The van der Waals surface area contributed by atoms with Gasteiger partial charge in [0.15, 0.2) is 0 Å². The number of fused-ring (bicyclic) bond motifs is 2. The van der Waals surface area contributed by atoms with Crippen molar-refractivity contribution in [3.63, 3.8) is 0 Å². The third-order valence-electron chi connectivity index (χ3n) is 4.44. The molecule has 0 aliphatic carbocycles. The number of aromatic nitrogens is 2. The quantitative estimate of drug-likeness (QED) is 0.463. The van der Waals surface area contributed by atoms with Crippen molar-refractivity contribution in [1.29, 1.82) is 0 Å². The van der Waals surface area contributed by atoms with Crippen LogP contribution in [-0.2, 0) is 0 Å². The zero-order chi connectivity index (χ0) is 17.7. The van der Waals surface area contributed by atoms with Gasteiger partial charge in [-0.1, -0.05) is 0 Å². The summed E-state index contributed by atoms with van der Waals surface area (Å²) >= 11 is 0.228. The van der Waals surface area contributed by atoms with Crippen LogP contribution >= 0.6 is 0 Å². The van der Waals surface area contributed by atoms with E-state index in [-0.39, 0.29) is 15.0 Å². The molecule has 3 nitrogen and oxygen atoms in total. The fourth-order valence-corrected chi connectivity index (χ4v) is 6.02. The second-order valence-electron chi connectivity index (χ2n) is 6.85. The average molecular weight is 394 g/mol. The van der Waals surface area contributed by atoms with E-state index in [1.807, 2.05) is 12.4 Å². The maximum absolute atomic E-state index is 4.80. The number of benzene rings is 1. The van der Waals surface area contributed by atoms with Crippen molar-refractivity contribution in [2.75, 3.05) is 4.90 Å². The van der Waals surface area contributed by atoms with Crippen LogP contribution in [0.4, 0.5) is 17.3 Å². The molecular formula is C21H21N3Se. The van der Waals surface area contributed by atoms with E-state index >= 15 is 0 Å². The monoisotopic (exact) mass is 395 g/mol. The molecule has 1 aromatic carbocycles. The molecule has 0 spiro atoms. The number of anilines is 3. The van der Waals surface area contributed by atoms with E-state index in [1.165, 1.54) is 42.4 Å². The summed E-state index contributed by atoms with van der Waals surface area (Å²) in [7, 11) is 0. The first-order chi connectivity index (χ1) is 11.9. The number of nitrogens with zero attached hydrogens (tertiary/aromatic N) is 3. The molecule has 0 unspecified atom stereocenters. The predicted molar refractivity (Wildman–Crippen MR) is 105 cm³/mol. The van der Waals surface area contributed by atoms with Gasteiger partial charge in [-0.15, -0.1) is 0 Å². The number of pyridine rings is 2.